The molecule has 1 aliphatic rings. The number of nitrogens with zero attached hydrogens (tertiary/aromatic N) is 1. The Morgan fingerprint density at radius 3 is 3.00 bits per heavy atom. The summed E-state index contributed by atoms with van der Waals surface area (Å²) in [6, 6.07) is 4.30. The van der Waals surface area contributed by atoms with E-state index in [1.54, 1.807) is 0 Å². The Balaban J connectivity index is 1.77. The Hall–Kier alpha value is -0.0500. The fourth-order valence-electron chi connectivity index (χ4n) is 1.53. The molecule has 0 N–H and O–H groups in total. The molecular formula is C9H12ClNS. The second-order valence-electron chi connectivity index (χ2n) is 3.29. The lowest BCUT2D eigenvalue weighted by atomic mass is 10.0. The third kappa shape index (κ3) is 1.82. The van der Waals surface area contributed by atoms with Crippen LogP contribution in [0.3, 0.4) is 0 Å². The lowest BCUT2D eigenvalue weighted by Gasteiger charge is -2.37. The second kappa shape index (κ2) is 3.77. The van der Waals surface area contributed by atoms with E-state index in [4.69, 9.17) is 11.6 Å². The van der Waals surface area contributed by atoms with Crippen molar-refractivity contribution >= 4 is 22.9 Å². The first-order valence-electron chi connectivity index (χ1n) is 4.19. The molecule has 0 aromatic carbocycles. The van der Waals surface area contributed by atoms with Gasteiger partial charge in [-0.3, -0.25) is 4.90 Å². The van der Waals surface area contributed by atoms with E-state index < -0.39 is 0 Å². The highest BCUT2D eigenvalue weighted by molar-refractivity contribution is 7.09. The van der Waals surface area contributed by atoms with Gasteiger partial charge in [-0.2, -0.15) is 0 Å². The normalized spacial score (nSPS) is 19.4. The summed E-state index contributed by atoms with van der Waals surface area (Å²) >= 11 is 7.56. The molecule has 2 heterocycles. The largest absolute Gasteiger partial charge is 0.298 e. The SMILES string of the molecule is ClCC1CN(Cc2cccs2)C1. The Labute approximate surface area is 82.0 Å². The minimum atomic E-state index is 0.742. The molecule has 3 heteroatoms. The van der Waals surface area contributed by atoms with Gasteiger partial charge in [0.05, 0.1) is 0 Å². The molecule has 0 saturated carbocycles. The summed E-state index contributed by atoms with van der Waals surface area (Å²) in [5.41, 5.74) is 0. The zero-order valence-corrected chi connectivity index (χ0v) is 8.44. The van der Waals surface area contributed by atoms with Gasteiger partial charge in [-0.1, -0.05) is 6.07 Å². The molecule has 1 aromatic rings. The summed E-state index contributed by atoms with van der Waals surface area (Å²) < 4.78 is 0. The van der Waals surface area contributed by atoms with Gasteiger partial charge in [0.1, 0.15) is 0 Å². The van der Waals surface area contributed by atoms with Crippen LogP contribution in [0, 0.1) is 5.92 Å². The second-order valence-corrected chi connectivity index (χ2v) is 4.63. The van der Waals surface area contributed by atoms with Crippen molar-refractivity contribution in [3.05, 3.63) is 22.4 Å². The van der Waals surface area contributed by atoms with Crippen molar-refractivity contribution in [1.29, 1.82) is 0 Å². The molecule has 0 radical (unpaired) electrons. The van der Waals surface area contributed by atoms with Crippen molar-refractivity contribution < 1.29 is 0 Å². The van der Waals surface area contributed by atoms with E-state index in [0.717, 1.165) is 18.3 Å². The Morgan fingerprint density at radius 1 is 1.58 bits per heavy atom. The van der Waals surface area contributed by atoms with Crippen LogP contribution in [0.2, 0.25) is 0 Å². The third-order valence-electron chi connectivity index (χ3n) is 2.21. The summed E-state index contributed by atoms with van der Waals surface area (Å²) in [7, 11) is 0. The Kier molecular flexibility index (Phi) is 2.69. The zero-order chi connectivity index (χ0) is 8.39. The van der Waals surface area contributed by atoms with Crippen LogP contribution in [-0.4, -0.2) is 23.9 Å². The van der Waals surface area contributed by atoms with Gasteiger partial charge in [-0.05, 0) is 17.4 Å². The van der Waals surface area contributed by atoms with Crippen molar-refractivity contribution in [2.24, 2.45) is 5.92 Å². The molecule has 1 aromatic heterocycles. The van der Waals surface area contributed by atoms with Crippen molar-refractivity contribution in [1.82, 2.24) is 4.90 Å². The minimum absolute atomic E-state index is 0.742. The molecule has 0 atom stereocenters. The average Bonchev–Trinajstić information content (AvgIpc) is 2.47. The van der Waals surface area contributed by atoms with Crippen LogP contribution < -0.4 is 0 Å². The Bertz CT molecular complexity index is 229. The number of alkyl halides is 1. The van der Waals surface area contributed by atoms with E-state index in [1.165, 1.54) is 18.0 Å². The smallest absolute Gasteiger partial charge is 0.0328 e. The molecular weight excluding hydrogens is 190 g/mol. The standard InChI is InChI=1S/C9H12ClNS/c10-4-8-5-11(6-8)7-9-2-1-3-12-9/h1-3,8H,4-7H2. The van der Waals surface area contributed by atoms with Crippen LogP contribution in [0.5, 0.6) is 0 Å². The number of likely N-dealkylation sites (tertiary alicyclic amines) is 1. The molecule has 12 heavy (non-hydrogen) atoms. The van der Waals surface area contributed by atoms with Crippen LogP contribution in [-0.2, 0) is 6.54 Å². The van der Waals surface area contributed by atoms with Gasteiger partial charge in [0.2, 0.25) is 0 Å². The van der Waals surface area contributed by atoms with E-state index in [0.29, 0.717) is 0 Å². The van der Waals surface area contributed by atoms with E-state index in [-0.39, 0.29) is 0 Å². The fraction of sp³-hybridized carbons (Fsp3) is 0.556. The van der Waals surface area contributed by atoms with Gasteiger partial charge >= 0.3 is 0 Å². The summed E-state index contributed by atoms with van der Waals surface area (Å²) in [4.78, 5) is 3.90. The van der Waals surface area contributed by atoms with Gasteiger partial charge < -0.3 is 0 Å². The first kappa shape index (κ1) is 8.54. The van der Waals surface area contributed by atoms with E-state index in [2.05, 4.69) is 22.4 Å². The predicted molar refractivity (Wildman–Crippen MR) is 53.8 cm³/mol. The number of rotatable bonds is 3. The van der Waals surface area contributed by atoms with Gasteiger partial charge in [-0.25, -0.2) is 0 Å². The Morgan fingerprint density at radius 2 is 2.42 bits per heavy atom. The van der Waals surface area contributed by atoms with Crippen LogP contribution >= 0.6 is 22.9 Å². The molecule has 2 rings (SSSR count). The highest BCUT2D eigenvalue weighted by atomic mass is 35.5. The predicted octanol–water partition coefficient (Wildman–Crippen LogP) is 2.42. The quantitative estimate of drug-likeness (QED) is 0.679. The van der Waals surface area contributed by atoms with E-state index in [9.17, 15) is 0 Å². The van der Waals surface area contributed by atoms with Gasteiger partial charge in [0, 0.05) is 30.4 Å². The van der Waals surface area contributed by atoms with E-state index in [1.807, 2.05) is 11.3 Å². The molecule has 0 spiro atoms. The highest BCUT2D eigenvalue weighted by Crippen LogP contribution is 2.21. The molecule has 0 amide bonds. The van der Waals surface area contributed by atoms with Gasteiger partial charge in [0.25, 0.3) is 0 Å². The van der Waals surface area contributed by atoms with Crippen LogP contribution in [0.1, 0.15) is 4.88 Å². The molecule has 1 nitrogen and oxygen atoms in total. The average molecular weight is 202 g/mol. The summed E-state index contributed by atoms with van der Waals surface area (Å²) in [5, 5.41) is 2.13. The summed E-state index contributed by atoms with van der Waals surface area (Å²) in [6.07, 6.45) is 0. The van der Waals surface area contributed by atoms with Crippen molar-refractivity contribution in [2.45, 2.75) is 6.54 Å². The summed E-state index contributed by atoms with van der Waals surface area (Å²) in [5.74, 6) is 1.56. The zero-order valence-electron chi connectivity index (χ0n) is 6.87. The van der Waals surface area contributed by atoms with Crippen molar-refractivity contribution in [2.75, 3.05) is 19.0 Å². The highest BCUT2D eigenvalue weighted by Gasteiger charge is 2.25. The van der Waals surface area contributed by atoms with Crippen molar-refractivity contribution in [3.63, 3.8) is 0 Å². The topological polar surface area (TPSA) is 3.24 Å². The molecule has 0 aliphatic carbocycles. The lowest BCUT2D eigenvalue weighted by molar-refractivity contribution is 0.108. The molecule has 66 valence electrons. The number of hydrogen-bond acceptors (Lipinski definition) is 2. The minimum Gasteiger partial charge on any atom is -0.298 e. The summed E-state index contributed by atoms with van der Waals surface area (Å²) in [6.45, 7) is 3.48. The molecule has 1 saturated heterocycles. The first-order chi connectivity index (χ1) is 5.88. The maximum atomic E-state index is 5.73. The number of halogens is 1. The van der Waals surface area contributed by atoms with Gasteiger partial charge in [0.15, 0.2) is 0 Å². The molecule has 1 aliphatic heterocycles. The van der Waals surface area contributed by atoms with Crippen LogP contribution in [0.15, 0.2) is 17.5 Å². The molecule has 0 unspecified atom stereocenters. The third-order valence-corrected chi connectivity index (χ3v) is 3.51. The van der Waals surface area contributed by atoms with E-state index >= 15 is 0 Å². The van der Waals surface area contributed by atoms with Crippen LogP contribution in [0.25, 0.3) is 0 Å². The van der Waals surface area contributed by atoms with Crippen molar-refractivity contribution in [3.8, 4) is 0 Å². The fourth-order valence-corrected chi connectivity index (χ4v) is 2.47. The molecule has 0 bridgehead atoms. The number of hydrogen-bond donors (Lipinski definition) is 0. The van der Waals surface area contributed by atoms with Gasteiger partial charge in [-0.15, -0.1) is 22.9 Å². The first-order valence-corrected chi connectivity index (χ1v) is 5.60. The van der Waals surface area contributed by atoms with Crippen LogP contribution in [0.4, 0.5) is 0 Å². The lowest BCUT2D eigenvalue weighted by Crippen LogP contribution is -2.46. The molecule has 1 fully saturated rings. The maximum Gasteiger partial charge on any atom is 0.0328 e. The monoisotopic (exact) mass is 201 g/mol. The maximum absolute atomic E-state index is 5.73. The number of thiophene rings is 1.